The van der Waals surface area contributed by atoms with Crippen LogP contribution in [0, 0.1) is 0 Å². The lowest BCUT2D eigenvalue weighted by Gasteiger charge is -2.38. The molecule has 0 atom stereocenters. The molecule has 38 heavy (non-hydrogen) atoms. The summed E-state index contributed by atoms with van der Waals surface area (Å²) in [6.07, 6.45) is -1.44. The Hall–Kier alpha value is -4.86. The fourth-order valence-electron chi connectivity index (χ4n) is 5.15. The van der Waals surface area contributed by atoms with E-state index >= 15 is 0 Å². The minimum Gasteiger partial charge on any atom is -0.508 e. The zero-order valence-corrected chi connectivity index (χ0v) is 19.9. The number of hydrogen-bond donors (Lipinski definition) is 5. The first-order valence-electron chi connectivity index (χ1n) is 12.1. The number of ether oxygens (including phenoxy) is 1. The minimum atomic E-state index is -1.58. The van der Waals surface area contributed by atoms with E-state index in [4.69, 9.17) is 26.2 Å². The third kappa shape index (κ3) is 4.52. The molecule has 0 saturated carbocycles. The Morgan fingerprint density at radius 2 is 1.37 bits per heavy atom. The first-order valence-corrected chi connectivity index (χ1v) is 11.6. The topological polar surface area (TPSA) is 179 Å². The molecule has 3 aromatic carbocycles. The largest absolute Gasteiger partial charge is 0.508 e. The van der Waals surface area contributed by atoms with Crippen molar-refractivity contribution in [3.05, 3.63) is 93.0 Å². The summed E-state index contributed by atoms with van der Waals surface area (Å²) in [6.45, 7) is 0. The quantitative estimate of drug-likeness (QED) is 0.239. The van der Waals surface area contributed by atoms with E-state index in [1.54, 1.807) is 48.5 Å². The number of aromatic hydroxyl groups is 2. The predicted molar refractivity (Wildman–Crippen MR) is 131 cm³/mol. The maximum atomic E-state index is 13.0. The average Bonchev–Trinajstić information content (AvgIpc) is 3.14. The van der Waals surface area contributed by atoms with Crippen molar-refractivity contribution in [3.8, 4) is 11.5 Å². The highest BCUT2D eigenvalue weighted by Crippen LogP contribution is 2.53. The monoisotopic (exact) mass is 521 g/mol. The van der Waals surface area contributed by atoms with Crippen molar-refractivity contribution in [1.29, 1.82) is 0 Å². The highest BCUT2D eigenvalue weighted by molar-refractivity contribution is 5.96. The summed E-state index contributed by atoms with van der Waals surface area (Å²) in [5, 5.41) is 46.6. The van der Waals surface area contributed by atoms with Gasteiger partial charge in [-0.05, 0) is 71.8 Å². The molecule has 1 heterocycles. The molecule has 10 heteroatoms. The van der Waals surface area contributed by atoms with E-state index in [0.717, 1.165) is 0 Å². The van der Waals surface area contributed by atoms with Crippen LogP contribution in [0.3, 0.4) is 0 Å². The summed E-state index contributed by atoms with van der Waals surface area (Å²) in [4.78, 5) is 44.0. The molecule has 0 saturated heterocycles. The summed E-state index contributed by atoms with van der Waals surface area (Å²) >= 11 is 0. The van der Waals surface area contributed by atoms with Crippen molar-refractivity contribution in [2.24, 2.45) is 0 Å². The molecule has 0 amide bonds. The van der Waals surface area contributed by atoms with Crippen LogP contribution in [0.5, 0.6) is 11.5 Å². The first-order chi connectivity index (χ1) is 18.4. The Bertz CT molecular complexity index is 1430. The second-order valence-electron chi connectivity index (χ2n) is 8.95. The summed E-state index contributed by atoms with van der Waals surface area (Å²) < 4.78 is 11.6. The Morgan fingerprint density at radius 1 is 0.895 bits per heavy atom. The molecule has 1 aliphatic carbocycles. The summed E-state index contributed by atoms with van der Waals surface area (Å²) in [7, 11) is 0. The number of carboxylic acid groups (broad SMARTS) is 3. The molecular formula is C28H24O10. The number of hydrogen-bond acceptors (Lipinski definition) is 7. The van der Waals surface area contributed by atoms with Crippen LogP contribution in [0.25, 0.3) is 0 Å². The van der Waals surface area contributed by atoms with Crippen LogP contribution in [-0.4, -0.2) is 49.9 Å². The number of benzene rings is 3. The van der Waals surface area contributed by atoms with Gasteiger partial charge in [0.1, 0.15) is 11.5 Å². The molecule has 5 rings (SSSR count). The molecule has 5 N–H and O–H groups in total. The van der Waals surface area contributed by atoms with Gasteiger partial charge < -0.3 is 30.3 Å². The molecule has 0 unspecified atom stereocenters. The number of carbonyl (C=O) groups is 4. The normalized spacial score (nSPS) is 14.2. The van der Waals surface area contributed by atoms with Crippen molar-refractivity contribution >= 4 is 24.4 Å². The Morgan fingerprint density at radius 3 is 1.84 bits per heavy atom. The molecular weight excluding hydrogens is 496 g/mol. The lowest BCUT2D eigenvalue weighted by molar-refractivity contribution is -0.138. The van der Waals surface area contributed by atoms with Gasteiger partial charge in [0.05, 0.1) is 5.56 Å². The van der Waals surface area contributed by atoms with E-state index in [-0.39, 0.29) is 37.2 Å². The van der Waals surface area contributed by atoms with Crippen LogP contribution >= 0.6 is 0 Å². The third-order valence-electron chi connectivity index (χ3n) is 6.74. The number of esters is 1. The molecule has 10 nitrogen and oxygen atoms in total. The standard InChI is InChI=1S/C27H22O8.CH2O2/c28-22-12-16-9-17-13-23(29)15(6-8-25(32)33)11-21(17)27(20(16)10-14(22)5-7-24(30)31)19-4-2-1-3-18(19)26(34)35-27;2-1-3/h1-4,10-13,28-29H,5-9H2,(H,30,31)(H,32,33);1H,(H,2,3)/i;1D. The molecule has 0 aromatic heterocycles. The Balaban J connectivity index is 0.000000826. The molecule has 0 bridgehead atoms. The molecule has 0 fully saturated rings. The Kier molecular flexibility index (Phi) is 6.69. The number of carboxylic acids is 2. The van der Waals surface area contributed by atoms with Gasteiger partial charge in [-0.2, -0.15) is 0 Å². The number of fused-ring (bicyclic) bond motifs is 6. The van der Waals surface area contributed by atoms with Gasteiger partial charge in [0.2, 0.25) is 0 Å². The average molecular weight is 521 g/mol. The number of aliphatic carboxylic acids is 2. The van der Waals surface area contributed by atoms with Gasteiger partial charge in [0.15, 0.2) is 6.97 Å². The zero-order chi connectivity index (χ0) is 28.5. The summed E-state index contributed by atoms with van der Waals surface area (Å²) in [6, 6.07) is 13.5. The smallest absolute Gasteiger partial charge is 0.340 e. The Labute approximate surface area is 217 Å². The number of aryl methyl sites for hydroxylation is 2. The predicted octanol–water partition coefficient (Wildman–Crippen LogP) is 3.20. The fraction of sp³-hybridized carbons (Fsp3) is 0.214. The number of rotatable bonds is 6. The van der Waals surface area contributed by atoms with Crippen molar-refractivity contribution in [3.63, 3.8) is 0 Å². The van der Waals surface area contributed by atoms with E-state index in [1.165, 1.54) is 0 Å². The van der Waals surface area contributed by atoms with Gasteiger partial charge in [-0.3, -0.25) is 14.4 Å². The van der Waals surface area contributed by atoms with E-state index in [0.29, 0.717) is 50.9 Å². The molecule has 2 aliphatic rings. The zero-order valence-electron chi connectivity index (χ0n) is 20.9. The molecule has 0 radical (unpaired) electrons. The summed E-state index contributed by atoms with van der Waals surface area (Å²) in [5.41, 5.74) is 3.00. The minimum absolute atomic E-state index is 0.0523. The van der Waals surface area contributed by atoms with Gasteiger partial charge in [-0.15, -0.1) is 0 Å². The second kappa shape index (κ2) is 10.3. The van der Waals surface area contributed by atoms with Crippen molar-refractivity contribution < 1.29 is 50.8 Å². The van der Waals surface area contributed by atoms with Crippen LogP contribution < -0.4 is 0 Å². The van der Waals surface area contributed by atoms with E-state index in [9.17, 15) is 24.6 Å². The number of phenolic OH excluding ortho intramolecular Hbond substituents is 2. The summed E-state index contributed by atoms with van der Waals surface area (Å²) in [5.74, 6) is -2.64. The molecule has 1 aliphatic heterocycles. The van der Waals surface area contributed by atoms with Crippen molar-refractivity contribution in [1.82, 2.24) is 0 Å². The first kappa shape index (κ1) is 24.8. The lowest BCUT2D eigenvalue weighted by atomic mass is 9.70. The van der Waals surface area contributed by atoms with Crippen molar-refractivity contribution in [2.45, 2.75) is 37.7 Å². The van der Waals surface area contributed by atoms with E-state index < -0.39 is 30.0 Å². The highest BCUT2D eigenvalue weighted by atomic mass is 16.6. The molecule has 196 valence electrons. The SMILES string of the molecule is O=C(O)CCc1cc2c(cc1O)Cc1cc(O)c(CCC(=O)O)cc1C21OC(=O)c2ccccc21.[2H]C(=O)O. The highest BCUT2D eigenvalue weighted by Gasteiger charge is 2.52. The maximum Gasteiger partial charge on any atom is 0.340 e. The second-order valence-corrected chi connectivity index (χ2v) is 8.95. The molecule has 3 aromatic rings. The van der Waals surface area contributed by atoms with Gasteiger partial charge in [-0.25, -0.2) is 4.79 Å². The van der Waals surface area contributed by atoms with Crippen LogP contribution in [-0.2, 0) is 44.0 Å². The third-order valence-corrected chi connectivity index (χ3v) is 6.74. The van der Waals surface area contributed by atoms with E-state index in [2.05, 4.69) is 0 Å². The van der Waals surface area contributed by atoms with Crippen LogP contribution in [0.2, 0.25) is 0 Å². The van der Waals surface area contributed by atoms with Gasteiger partial charge in [-0.1, -0.05) is 18.2 Å². The van der Waals surface area contributed by atoms with Crippen LogP contribution in [0.1, 0.15) is 63.5 Å². The maximum absolute atomic E-state index is 13.0. The molecule has 1 spiro atoms. The number of carbonyl (C=O) groups excluding carboxylic acids is 1. The lowest BCUT2D eigenvalue weighted by Crippen LogP contribution is -2.35. The van der Waals surface area contributed by atoms with Gasteiger partial charge >= 0.3 is 17.9 Å². The van der Waals surface area contributed by atoms with Crippen LogP contribution in [0.4, 0.5) is 0 Å². The van der Waals surface area contributed by atoms with Crippen LogP contribution in [0.15, 0.2) is 48.5 Å². The van der Waals surface area contributed by atoms with Crippen molar-refractivity contribution in [2.75, 3.05) is 0 Å². The van der Waals surface area contributed by atoms with E-state index in [1.807, 2.05) is 0 Å². The fourth-order valence-corrected chi connectivity index (χ4v) is 5.15. The number of phenols is 2. The van der Waals surface area contributed by atoms with Gasteiger partial charge in [0.25, 0.3) is 6.45 Å². The van der Waals surface area contributed by atoms with Gasteiger partial charge in [0, 0.05) is 29.5 Å².